The average molecular weight is 225 g/mol. The van der Waals surface area contributed by atoms with Gasteiger partial charge in [0, 0.05) is 24.0 Å². The molecule has 1 heterocycles. The third-order valence-electron chi connectivity index (χ3n) is 3.06. The second kappa shape index (κ2) is 4.10. The molecule has 3 nitrogen and oxygen atoms in total. The quantitative estimate of drug-likeness (QED) is 0.840. The lowest BCUT2D eigenvalue weighted by Crippen LogP contribution is -2.25. The molecule has 0 fully saturated rings. The topological polar surface area (TPSA) is 42.2 Å². The molecule has 1 aliphatic carbocycles. The molecule has 4 heteroatoms. The molecule has 0 saturated carbocycles. The third kappa shape index (κ3) is 2.01. The van der Waals surface area contributed by atoms with Gasteiger partial charge in [-0.15, -0.1) is 0 Å². The number of fused-ring (bicyclic) bond motifs is 1. The number of hydrogen-bond acceptors (Lipinski definition) is 4. The highest BCUT2D eigenvalue weighted by Crippen LogP contribution is 2.36. The van der Waals surface area contributed by atoms with Gasteiger partial charge in [-0.2, -0.15) is 0 Å². The Morgan fingerprint density at radius 1 is 1.53 bits per heavy atom. The van der Waals surface area contributed by atoms with E-state index < -0.39 is 0 Å². The monoisotopic (exact) mass is 225 g/mol. The summed E-state index contributed by atoms with van der Waals surface area (Å²) in [5.41, 5.74) is 7.33. The maximum absolute atomic E-state index is 6.09. The Kier molecular flexibility index (Phi) is 2.98. The minimum atomic E-state index is 0.223. The molecule has 0 saturated heterocycles. The summed E-state index contributed by atoms with van der Waals surface area (Å²) in [4.78, 5) is 8.21. The van der Waals surface area contributed by atoms with Gasteiger partial charge < -0.3 is 10.6 Å². The van der Waals surface area contributed by atoms with Gasteiger partial charge in [0.05, 0.1) is 5.69 Å². The van der Waals surface area contributed by atoms with E-state index in [1.54, 1.807) is 11.3 Å². The summed E-state index contributed by atoms with van der Waals surface area (Å²) in [5.74, 6) is 0. The Morgan fingerprint density at radius 2 is 2.27 bits per heavy atom. The molecule has 1 unspecified atom stereocenters. The van der Waals surface area contributed by atoms with Crippen LogP contribution in [0.15, 0.2) is 0 Å². The Morgan fingerprint density at radius 3 is 2.87 bits per heavy atom. The largest absolute Gasteiger partial charge is 0.349 e. The van der Waals surface area contributed by atoms with Crippen LogP contribution in [0.2, 0.25) is 0 Å². The van der Waals surface area contributed by atoms with Gasteiger partial charge in [0.1, 0.15) is 0 Å². The summed E-state index contributed by atoms with van der Waals surface area (Å²) in [7, 11) is 2.10. The minimum absolute atomic E-state index is 0.223. The fourth-order valence-electron chi connectivity index (χ4n) is 1.81. The van der Waals surface area contributed by atoms with E-state index in [4.69, 9.17) is 5.73 Å². The van der Waals surface area contributed by atoms with E-state index in [-0.39, 0.29) is 6.04 Å². The second-order valence-corrected chi connectivity index (χ2v) is 5.52. The molecule has 1 atom stereocenters. The molecule has 0 radical (unpaired) electrons. The molecule has 0 bridgehead atoms. The van der Waals surface area contributed by atoms with Crippen molar-refractivity contribution in [2.45, 2.75) is 45.2 Å². The molecular formula is C11H19N3S. The zero-order valence-electron chi connectivity index (χ0n) is 9.66. The normalized spacial score (nSPS) is 20.5. The van der Waals surface area contributed by atoms with E-state index in [0.717, 1.165) is 18.0 Å². The van der Waals surface area contributed by atoms with Crippen LogP contribution in [-0.4, -0.2) is 18.1 Å². The maximum atomic E-state index is 6.09. The van der Waals surface area contributed by atoms with Gasteiger partial charge >= 0.3 is 0 Å². The lowest BCUT2D eigenvalue weighted by Gasteiger charge is -2.19. The molecule has 2 N–H and O–H groups in total. The number of rotatable bonds is 2. The Bertz CT molecular complexity index is 346. The molecule has 0 amide bonds. The zero-order valence-corrected chi connectivity index (χ0v) is 10.5. The third-order valence-corrected chi connectivity index (χ3v) is 4.38. The highest BCUT2D eigenvalue weighted by Gasteiger charge is 2.23. The van der Waals surface area contributed by atoms with Gasteiger partial charge in [-0.25, -0.2) is 4.98 Å². The van der Waals surface area contributed by atoms with Crippen LogP contribution in [0.4, 0.5) is 5.13 Å². The van der Waals surface area contributed by atoms with Gasteiger partial charge in [0.2, 0.25) is 0 Å². The lowest BCUT2D eigenvalue weighted by molar-refractivity contribution is 0.573. The molecular weight excluding hydrogens is 206 g/mol. The number of aromatic nitrogens is 1. The van der Waals surface area contributed by atoms with Gasteiger partial charge in [0.25, 0.3) is 0 Å². The highest BCUT2D eigenvalue weighted by atomic mass is 32.1. The molecule has 0 aromatic carbocycles. The van der Waals surface area contributed by atoms with E-state index in [0.29, 0.717) is 6.04 Å². The van der Waals surface area contributed by atoms with E-state index in [1.165, 1.54) is 17.0 Å². The molecule has 0 spiro atoms. The van der Waals surface area contributed by atoms with Crippen molar-refractivity contribution in [3.63, 3.8) is 0 Å². The first-order valence-electron chi connectivity index (χ1n) is 5.57. The summed E-state index contributed by atoms with van der Waals surface area (Å²) in [6, 6.07) is 0.717. The van der Waals surface area contributed by atoms with Crippen molar-refractivity contribution in [3.05, 3.63) is 10.6 Å². The summed E-state index contributed by atoms with van der Waals surface area (Å²) in [5, 5.41) is 1.12. The van der Waals surface area contributed by atoms with E-state index >= 15 is 0 Å². The lowest BCUT2D eigenvalue weighted by atomic mass is 9.99. The van der Waals surface area contributed by atoms with Gasteiger partial charge in [-0.3, -0.25) is 0 Å². The van der Waals surface area contributed by atoms with Crippen LogP contribution >= 0.6 is 11.3 Å². The summed E-state index contributed by atoms with van der Waals surface area (Å²) >= 11 is 1.77. The van der Waals surface area contributed by atoms with E-state index in [1.807, 2.05) is 0 Å². The first-order chi connectivity index (χ1) is 7.09. The second-order valence-electron chi connectivity index (χ2n) is 4.51. The van der Waals surface area contributed by atoms with Crippen molar-refractivity contribution in [2.24, 2.45) is 5.73 Å². The Balaban J connectivity index is 2.29. The van der Waals surface area contributed by atoms with Crippen molar-refractivity contribution in [1.82, 2.24) is 4.98 Å². The summed E-state index contributed by atoms with van der Waals surface area (Å²) < 4.78 is 0. The predicted molar refractivity (Wildman–Crippen MR) is 65.5 cm³/mol. The van der Waals surface area contributed by atoms with Crippen molar-refractivity contribution >= 4 is 16.5 Å². The zero-order chi connectivity index (χ0) is 11.0. The number of nitrogens with two attached hydrogens (primary N) is 1. The van der Waals surface area contributed by atoms with E-state index in [9.17, 15) is 0 Å². The van der Waals surface area contributed by atoms with Crippen LogP contribution in [0, 0.1) is 0 Å². The molecule has 1 aromatic heterocycles. The van der Waals surface area contributed by atoms with Crippen LogP contribution < -0.4 is 10.6 Å². The molecule has 0 aliphatic heterocycles. The number of aryl methyl sites for hydroxylation is 1. The minimum Gasteiger partial charge on any atom is -0.349 e. The summed E-state index contributed by atoms with van der Waals surface area (Å²) in [6.07, 6.45) is 3.40. The van der Waals surface area contributed by atoms with Crippen LogP contribution in [0.5, 0.6) is 0 Å². The first-order valence-corrected chi connectivity index (χ1v) is 6.39. The highest BCUT2D eigenvalue weighted by molar-refractivity contribution is 7.15. The predicted octanol–water partition coefficient (Wildman–Crippen LogP) is 2.32. The SMILES string of the molecule is CC(C)N(C)c1nc2c(s1)C(N)CCC2. The standard InChI is InChI=1S/C11H19N3S/c1-7(2)14(3)11-13-9-6-4-5-8(12)10(9)15-11/h7-8H,4-6,12H2,1-3H3. The number of nitrogens with zero attached hydrogens (tertiary/aromatic N) is 2. The number of thiazole rings is 1. The van der Waals surface area contributed by atoms with Crippen molar-refractivity contribution in [2.75, 3.05) is 11.9 Å². The number of anilines is 1. The Hall–Kier alpha value is -0.610. The fraction of sp³-hybridized carbons (Fsp3) is 0.727. The summed E-state index contributed by atoms with van der Waals surface area (Å²) in [6.45, 7) is 4.36. The average Bonchev–Trinajstić information content (AvgIpc) is 2.61. The molecule has 2 rings (SSSR count). The Labute approximate surface area is 95.3 Å². The van der Waals surface area contributed by atoms with Crippen LogP contribution in [0.3, 0.4) is 0 Å². The van der Waals surface area contributed by atoms with Crippen molar-refractivity contribution < 1.29 is 0 Å². The first kappa shape index (κ1) is 10.9. The maximum Gasteiger partial charge on any atom is 0.185 e. The molecule has 84 valence electrons. The molecule has 15 heavy (non-hydrogen) atoms. The molecule has 1 aromatic rings. The smallest absolute Gasteiger partial charge is 0.185 e. The van der Waals surface area contributed by atoms with Gasteiger partial charge in [-0.05, 0) is 33.1 Å². The van der Waals surface area contributed by atoms with Crippen molar-refractivity contribution in [3.8, 4) is 0 Å². The fourth-order valence-corrected chi connectivity index (χ4v) is 3.05. The van der Waals surface area contributed by atoms with Crippen LogP contribution in [-0.2, 0) is 6.42 Å². The number of hydrogen-bond donors (Lipinski definition) is 1. The van der Waals surface area contributed by atoms with Crippen LogP contribution in [0.25, 0.3) is 0 Å². The van der Waals surface area contributed by atoms with Crippen LogP contribution in [0.1, 0.15) is 43.3 Å². The van der Waals surface area contributed by atoms with Gasteiger partial charge in [0.15, 0.2) is 5.13 Å². The van der Waals surface area contributed by atoms with E-state index in [2.05, 4.69) is 30.8 Å². The molecule has 1 aliphatic rings. The van der Waals surface area contributed by atoms with Gasteiger partial charge in [-0.1, -0.05) is 11.3 Å². The van der Waals surface area contributed by atoms with Crippen molar-refractivity contribution in [1.29, 1.82) is 0 Å².